The lowest BCUT2D eigenvalue weighted by Gasteiger charge is -2.24. The SMILES string of the molecule is C[C@H](NCCOc1ccc(-c2ccc(C(=O)O)cc2)cc1)[C@H](O)c1ccc2cc1NS(=O)(=O)c1cccc(c1)CO2. The van der Waals surface area contributed by atoms with Crippen LogP contribution in [0.5, 0.6) is 11.5 Å². The summed E-state index contributed by atoms with van der Waals surface area (Å²) in [5, 5.41) is 23.4. The molecule has 0 aliphatic carbocycles. The van der Waals surface area contributed by atoms with Crippen molar-refractivity contribution in [2.75, 3.05) is 17.9 Å². The van der Waals surface area contributed by atoms with Gasteiger partial charge < -0.3 is 25.0 Å². The Labute approximate surface area is 238 Å². The number of ether oxygens (including phenoxy) is 2. The van der Waals surface area contributed by atoms with E-state index in [1.165, 1.54) is 6.07 Å². The van der Waals surface area contributed by atoms with Crippen molar-refractivity contribution < 1.29 is 32.9 Å². The van der Waals surface area contributed by atoms with Crippen molar-refractivity contribution >= 4 is 21.7 Å². The molecule has 0 fully saturated rings. The molecule has 0 radical (unpaired) electrons. The van der Waals surface area contributed by atoms with Crippen molar-refractivity contribution in [3.63, 3.8) is 0 Å². The number of carboxylic acids is 1. The van der Waals surface area contributed by atoms with Crippen LogP contribution < -0.4 is 19.5 Å². The molecule has 0 saturated carbocycles. The van der Waals surface area contributed by atoms with Crippen molar-refractivity contribution in [3.05, 3.63) is 108 Å². The number of carbonyl (C=O) groups is 1. The second-order valence-corrected chi connectivity index (χ2v) is 11.4. The number of benzene rings is 4. The number of anilines is 1. The zero-order chi connectivity index (χ0) is 29.0. The number of aromatic carboxylic acids is 1. The smallest absolute Gasteiger partial charge is 0.335 e. The van der Waals surface area contributed by atoms with Gasteiger partial charge in [0.15, 0.2) is 0 Å². The van der Waals surface area contributed by atoms with Crippen LogP contribution in [0.1, 0.15) is 34.5 Å². The fraction of sp³-hybridized carbons (Fsp3) is 0.194. The molecule has 1 aliphatic rings. The summed E-state index contributed by atoms with van der Waals surface area (Å²) in [4.78, 5) is 11.2. The summed E-state index contributed by atoms with van der Waals surface area (Å²) < 4.78 is 40.3. The quantitative estimate of drug-likeness (QED) is 0.209. The number of aliphatic hydroxyl groups is 1. The molecule has 41 heavy (non-hydrogen) atoms. The summed E-state index contributed by atoms with van der Waals surface area (Å²) in [6.45, 7) is 2.81. The van der Waals surface area contributed by atoms with E-state index in [4.69, 9.17) is 14.6 Å². The summed E-state index contributed by atoms with van der Waals surface area (Å²) in [5.74, 6) is 0.196. The number of rotatable bonds is 9. The lowest BCUT2D eigenvalue weighted by atomic mass is 10.0. The summed E-state index contributed by atoms with van der Waals surface area (Å²) in [7, 11) is -3.86. The highest BCUT2D eigenvalue weighted by Crippen LogP contribution is 2.32. The van der Waals surface area contributed by atoms with Crippen LogP contribution in [-0.2, 0) is 16.6 Å². The van der Waals surface area contributed by atoms with Crippen molar-refractivity contribution in [2.45, 2.75) is 30.6 Å². The summed E-state index contributed by atoms with van der Waals surface area (Å²) in [6, 6.07) is 25.2. The van der Waals surface area contributed by atoms with Gasteiger partial charge in [-0.05, 0) is 66.1 Å². The van der Waals surface area contributed by atoms with Crippen LogP contribution in [0.3, 0.4) is 0 Å². The average Bonchev–Trinajstić information content (AvgIpc) is 2.98. The molecule has 4 aromatic carbocycles. The molecule has 0 amide bonds. The molecule has 4 aromatic rings. The topological polar surface area (TPSA) is 134 Å². The number of nitrogens with one attached hydrogen (secondary N) is 2. The first kappa shape index (κ1) is 28.2. The largest absolute Gasteiger partial charge is 0.492 e. The zero-order valence-electron chi connectivity index (χ0n) is 22.3. The monoisotopic (exact) mass is 574 g/mol. The number of hydrogen-bond donors (Lipinski definition) is 4. The lowest BCUT2D eigenvalue weighted by Crippen LogP contribution is -2.35. The highest BCUT2D eigenvalue weighted by Gasteiger charge is 2.24. The molecule has 212 valence electrons. The predicted molar refractivity (Wildman–Crippen MR) is 155 cm³/mol. The summed E-state index contributed by atoms with van der Waals surface area (Å²) >= 11 is 0. The van der Waals surface area contributed by atoms with Crippen molar-refractivity contribution in [1.82, 2.24) is 5.32 Å². The van der Waals surface area contributed by atoms with E-state index in [-0.39, 0.29) is 22.8 Å². The second kappa shape index (κ2) is 12.0. The van der Waals surface area contributed by atoms with Crippen LogP contribution in [-0.4, -0.2) is 43.8 Å². The summed E-state index contributed by atoms with van der Waals surface area (Å²) in [6.07, 6.45) is -1.01. The van der Waals surface area contributed by atoms with E-state index in [1.807, 2.05) is 31.2 Å². The van der Waals surface area contributed by atoms with Gasteiger partial charge in [0.2, 0.25) is 0 Å². The molecule has 9 nitrogen and oxygen atoms in total. The Morgan fingerprint density at radius 2 is 1.71 bits per heavy atom. The Morgan fingerprint density at radius 3 is 2.41 bits per heavy atom. The second-order valence-electron chi connectivity index (χ2n) is 9.73. The molecule has 1 aliphatic heterocycles. The molecule has 0 spiro atoms. The Hall–Kier alpha value is -4.38. The minimum atomic E-state index is -3.86. The number of aliphatic hydroxyl groups excluding tert-OH is 1. The van der Waals surface area contributed by atoms with E-state index in [1.54, 1.807) is 60.7 Å². The highest BCUT2D eigenvalue weighted by molar-refractivity contribution is 7.92. The number of fused-ring (bicyclic) bond motifs is 4. The maximum Gasteiger partial charge on any atom is 0.335 e. The fourth-order valence-corrected chi connectivity index (χ4v) is 5.68. The van der Waals surface area contributed by atoms with Gasteiger partial charge >= 0.3 is 5.97 Å². The first-order valence-corrected chi connectivity index (χ1v) is 14.5. The van der Waals surface area contributed by atoms with Gasteiger partial charge in [0, 0.05) is 24.2 Å². The van der Waals surface area contributed by atoms with Crippen molar-refractivity contribution in [1.29, 1.82) is 0 Å². The van der Waals surface area contributed by atoms with Crippen LogP contribution in [0.15, 0.2) is 95.9 Å². The van der Waals surface area contributed by atoms with Gasteiger partial charge in [0.05, 0.1) is 22.3 Å². The summed E-state index contributed by atoms with van der Waals surface area (Å²) in [5.41, 5.74) is 3.49. The minimum Gasteiger partial charge on any atom is -0.492 e. The third-order valence-electron chi connectivity index (χ3n) is 6.83. The first-order valence-electron chi connectivity index (χ1n) is 13.1. The van der Waals surface area contributed by atoms with E-state index >= 15 is 0 Å². The van der Waals surface area contributed by atoms with Crippen LogP contribution >= 0.6 is 0 Å². The van der Waals surface area contributed by atoms with Gasteiger partial charge in [0.25, 0.3) is 10.0 Å². The van der Waals surface area contributed by atoms with Gasteiger partial charge in [-0.15, -0.1) is 0 Å². The fourth-order valence-electron chi connectivity index (χ4n) is 4.53. The third-order valence-corrected chi connectivity index (χ3v) is 8.20. The molecule has 10 heteroatoms. The van der Waals surface area contributed by atoms with Crippen molar-refractivity contribution in [2.24, 2.45) is 0 Å². The molecular weight excluding hydrogens is 544 g/mol. The molecule has 0 unspecified atom stereocenters. The molecule has 0 aromatic heterocycles. The Bertz CT molecular complexity index is 1640. The van der Waals surface area contributed by atoms with Crippen LogP contribution in [0.2, 0.25) is 0 Å². The Balaban J connectivity index is 1.18. The zero-order valence-corrected chi connectivity index (χ0v) is 23.1. The molecule has 0 saturated heterocycles. The molecule has 4 N–H and O–H groups in total. The van der Waals surface area contributed by atoms with Gasteiger partial charge in [0.1, 0.15) is 24.7 Å². The molecule has 1 heterocycles. The maximum absolute atomic E-state index is 13.0. The highest BCUT2D eigenvalue weighted by atomic mass is 32.2. The molecular formula is C31H30N2O7S. The van der Waals surface area contributed by atoms with E-state index < -0.39 is 28.1 Å². The van der Waals surface area contributed by atoms with E-state index in [0.717, 1.165) is 16.7 Å². The van der Waals surface area contributed by atoms with Crippen LogP contribution in [0.25, 0.3) is 11.1 Å². The Kier molecular flexibility index (Phi) is 8.25. The Morgan fingerprint density at radius 1 is 1.00 bits per heavy atom. The normalized spacial score (nSPS) is 15.1. The maximum atomic E-state index is 13.0. The minimum absolute atomic E-state index is 0.124. The average molecular weight is 575 g/mol. The van der Waals surface area contributed by atoms with Crippen LogP contribution in [0, 0.1) is 0 Å². The van der Waals surface area contributed by atoms with Gasteiger partial charge in [-0.3, -0.25) is 4.72 Å². The first-order chi connectivity index (χ1) is 19.7. The molecule has 4 bridgehead atoms. The molecule has 5 rings (SSSR count). The lowest BCUT2D eigenvalue weighted by molar-refractivity contribution is 0.0697. The predicted octanol–water partition coefficient (Wildman–Crippen LogP) is 4.84. The van der Waals surface area contributed by atoms with E-state index in [0.29, 0.717) is 30.2 Å². The van der Waals surface area contributed by atoms with Gasteiger partial charge in [-0.25, -0.2) is 13.2 Å². The van der Waals surface area contributed by atoms with Crippen molar-refractivity contribution in [3.8, 4) is 22.6 Å². The number of sulfonamides is 1. The number of carboxylic acid groups (broad SMARTS) is 1. The van der Waals surface area contributed by atoms with Crippen LogP contribution in [0.4, 0.5) is 5.69 Å². The third kappa shape index (κ3) is 6.68. The van der Waals surface area contributed by atoms with Gasteiger partial charge in [-0.2, -0.15) is 0 Å². The van der Waals surface area contributed by atoms with E-state index in [9.17, 15) is 18.3 Å². The van der Waals surface area contributed by atoms with E-state index in [2.05, 4.69) is 10.0 Å². The molecule has 2 atom stereocenters. The number of hydrogen-bond acceptors (Lipinski definition) is 7. The van der Waals surface area contributed by atoms with Gasteiger partial charge in [-0.1, -0.05) is 42.5 Å². The standard InChI is InChI=1S/C31H30N2O7S/c1-20(32-15-16-39-25-11-9-23(10-12-25)22-5-7-24(8-6-22)31(35)36)30(34)28-14-13-26-18-29(28)33-41(37,38)27-4-2-3-21(17-27)19-40-26/h2-14,17-18,20,30,32-34H,15-16,19H2,1H3,(H,35,36)/t20-,30-/m0/s1.